The molecule has 0 unspecified atom stereocenters. The van der Waals surface area contributed by atoms with E-state index in [9.17, 15) is 4.79 Å². The Morgan fingerprint density at radius 3 is 2.93 bits per heavy atom. The number of nitrogens with zero attached hydrogens (tertiary/aromatic N) is 2. The van der Waals surface area contributed by atoms with Gasteiger partial charge in [-0.2, -0.15) is 0 Å². The second-order valence-electron chi connectivity index (χ2n) is 2.87. The molecule has 2 aromatic rings. The molecule has 15 heavy (non-hydrogen) atoms. The molecule has 0 spiro atoms. The summed E-state index contributed by atoms with van der Waals surface area (Å²) < 4.78 is 4.84. The summed E-state index contributed by atoms with van der Waals surface area (Å²) in [6, 6.07) is 9.11. The molecule has 1 aromatic carbocycles. The summed E-state index contributed by atoms with van der Waals surface area (Å²) in [5.74, 6) is -0.363. The van der Waals surface area contributed by atoms with Crippen LogP contribution >= 0.6 is 0 Å². The predicted octanol–water partition coefficient (Wildman–Crippen LogP) is 1.72. The van der Waals surface area contributed by atoms with Gasteiger partial charge in [0.1, 0.15) is 0 Å². The number of ether oxygens (including phenoxy) is 1. The van der Waals surface area contributed by atoms with E-state index in [-0.39, 0.29) is 5.88 Å². The van der Waals surface area contributed by atoms with Crippen molar-refractivity contribution in [2.45, 2.75) is 0 Å². The number of carbonyl (C=O) groups excluding carboxylic acids is 1. The summed E-state index contributed by atoms with van der Waals surface area (Å²) in [6.07, 6.45) is 1.08. The Morgan fingerprint density at radius 1 is 1.33 bits per heavy atom. The van der Waals surface area contributed by atoms with Gasteiger partial charge in [0.15, 0.2) is 0 Å². The van der Waals surface area contributed by atoms with E-state index < -0.39 is 5.97 Å². The van der Waals surface area contributed by atoms with Crippen LogP contribution < -0.4 is 4.74 Å². The topological polar surface area (TPSA) is 52.1 Å². The van der Waals surface area contributed by atoms with Gasteiger partial charge in [-0.1, -0.05) is 24.8 Å². The fourth-order valence-electron chi connectivity index (χ4n) is 1.16. The Hall–Kier alpha value is -2.23. The van der Waals surface area contributed by atoms with Crippen LogP contribution in [0.2, 0.25) is 0 Å². The number of benzene rings is 1. The molecule has 4 nitrogen and oxygen atoms in total. The molecule has 0 fully saturated rings. The molecule has 0 aliphatic rings. The highest BCUT2D eigenvalue weighted by molar-refractivity contribution is 5.84. The predicted molar refractivity (Wildman–Crippen MR) is 55.4 cm³/mol. The van der Waals surface area contributed by atoms with Crippen molar-refractivity contribution in [3.63, 3.8) is 0 Å². The molecule has 0 atom stereocenters. The lowest BCUT2D eigenvalue weighted by molar-refractivity contribution is -0.129. The Labute approximate surface area is 86.2 Å². The summed E-state index contributed by atoms with van der Waals surface area (Å²) in [5, 5.41) is 8.54. The Balaban J connectivity index is 2.38. The van der Waals surface area contributed by atoms with Gasteiger partial charge in [0.05, 0.1) is 5.52 Å². The summed E-state index contributed by atoms with van der Waals surface area (Å²) in [5.41, 5.74) is 0.760. The quantitative estimate of drug-likeness (QED) is 0.547. The third-order valence-electron chi connectivity index (χ3n) is 1.84. The van der Waals surface area contributed by atoms with Crippen LogP contribution in [-0.2, 0) is 4.79 Å². The van der Waals surface area contributed by atoms with Crippen LogP contribution in [0.1, 0.15) is 0 Å². The van der Waals surface area contributed by atoms with Crippen LogP contribution in [0.5, 0.6) is 5.88 Å². The largest absolute Gasteiger partial charge is 0.403 e. The summed E-state index contributed by atoms with van der Waals surface area (Å²) in [6.45, 7) is 3.30. The van der Waals surface area contributed by atoms with Crippen LogP contribution in [0, 0.1) is 0 Å². The maximum atomic E-state index is 10.9. The third-order valence-corrected chi connectivity index (χ3v) is 1.84. The number of rotatable bonds is 2. The molecule has 74 valence electrons. The van der Waals surface area contributed by atoms with Crippen molar-refractivity contribution in [3.8, 4) is 5.88 Å². The average molecular weight is 200 g/mol. The maximum absolute atomic E-state index is 10.9. The van der Waals surface area contributed by atoms with Crippen molar-refractivity contribution in [1.29, 1.82) is 0 Å². The second kappa shape index (κ2) is 3.88. The van der Waals surface area contributed by atoms with Crippen LogP contribution in [0.3, 0.4) is 0 Å². The van der Waals surface area contributed by atoms with Gasteiger partial charge in [-0.05, 0) is 6.07 Å². The number of esters is 1. The highest BCUT2D eigenvalue weighted by Gasteiger charge is 2.03. The fourth-order valence-corrected chi connectivity index (χ4v) is 1.16. The fraction of sp³-hybridized carbons (Fsp3) is 0. The van der Waals surface area contributed by atoms with Gasteiger partial charge in [-0.25, -0.2) is 4.79 Å². The first kappa shape index (κ1) is 9.33. The molecule has 0 radical (unpaired) electrons. The summed E-state index contributed by atoms with van der Waals surface area (Å²) in [4.78, 5) is 10.9. The molecule has 0 bridgehead atoms. The molecule has 1 heterocycles. The zero-order chi connectivity index (χ0) is 10.7. The number of hydrogen-bond donors (Lipinski definition) is 0. The van der Waals surface area contributed by atoms with Gasteiger partial charge in [0, 0.05) is 17.5 Å². The van der Waals surface area contributed by atoms with Crippen molar-refractivity contribution < 1.29 is 9.53 Å². The first-order chi connectivity index (χ1) is 7.29. The van der Waals surface area contributed by atoms with Gasteiger partial charge < -0.3 is 4.74 Å². The minimum atomic E-state index is -0.542. The van der Waals surface area contributed by atoms with E-state index in [0.29, 0.717) is 0 Å². The minimum Gasteiger partial charge on any atom is -0.403 e. The lowest BCUT2D eigenvalue weighted by Crippen LogP contribution is -2.05. The molecule has 0 amide bonds. The number of fused-ring (bicyclic) bond motifs is 1. The first-order valence-electron chi connectivity index (χ1n) is 4.36. The third kappa shape index (κ3) is 1.99. The van der Waals surface area contributed by atoms with Gasteiger partial charge in [-0.3, -0.25) is 0 Å². The van der Waals surface area contributed by atoms with Gasteiger partial charge in [-0.15, -0.1) is 10.2 Å². The van der Waals surface area contributed by atoms with Crippen LogP contribution in [0.4, 0.5) is 0 Å². The normalized spacial score (nSPS) is 9.87. The lowest BCUT2D eigenvalue weighted by atomic mass is 10.2. The SMILES string of the molecule is C=CC(=O)Oc1cc2ccccc2nn1. The van der Waals surface area contributed by atoms with Crippen molar-refractivity contribution in [1.82, 2.24) is 10.2 Å². The monoisotopic (exact) mass is 200 g/mol. The molecule has 1 aromatic heterocycles. The molecular weight excluding hydrogens is 192 g/mol. The average Bonchev–Trinajstić information content (AvgIpc) is 2.29. The van der Waals surface area contributed by atoms with Gasteiger partial charge >= 0.3 is 5.97 Å². The van der Waals surface area contributed by atoms with Crippen LogP contribution in [0.25, 0.3) is 10.9 Å². The van der Waals surface area contributed by atoms with Gasteiger partial charge in [0.2, 0.25) is 5.88 Å². The molecule has 0 saturated carbocycles. The van der Waals surface area contributed by atoms with Gasteiger partial charge in [0.25, 0.3) is 0 Å². The van der Waals surface area contributed by atoms with Crippen LogP contribution in [-0.4, -0.2) is 16.2 Å². The van der Waals surface area contributed by atoms with E-state index in [0.717, 1.165) is 17.0 Å². The van der Waals surface area contributed by atoms with E-state index >= 15 is 0 Å². The Kier molecular flexibility index (Phi) is 2.41. The zero-order valence-electron chi connectivity index (χ0n) is 7.88. The van der Waals surface area contributed by atoms with E-state index in [2.05, 4.69) is 16.8 Å². The molecule has 0 N–H and O–H groups in total. The van der Waals surface area contributed by atoms with E-state index in [4.69, 9.17) is 4.74 Å². The Bertz CT molecular complexity index is 523. The molecular formula is C11H8N2O2. The van der Waals surface area contributed by atoms with Crippen molar-refractivity contribution >= 4 is 16.9 Å². The highest BCUT2D eigenvalue weighted by atomic mass is 16.5. The minimum absolute atomic E-state index is 0.179. The number of carbonyl (C=O) groups is 1. The summed E-state index contributed by atoms with van der Waals surface area (Å²) in [7, 11) is 0. The molecule has 0 saturated heterocycles. The number of aromatic nitrogens is 2. The van der Waals surface area contributed by atoms with E-state index in [1.54, 1.807) is 6.07 Å². The summed E-state index contributed by atoms with van der Waals surface area (Å²) >= 11 is 0. The second-order valence-corrected chi connectivity index (χ2v) is 2.87. The van der Waals surface area contributed by atoms with E-state index in [1.807, 2.05) is 24.3 Å². The molecule has 4 heteroatoms. The smallest absolute Gasteiger partial charge is 0.336 e. The Morgan fingerprint density at radius 2 is 2.13 bits per heavy atom. The number of hydrogen-bond acceptors (Lipinski definition) is 4. The van der Waals surface area contributed by atoms with Crippen LogP contribution in [0.15, 0.2) is 43.0 Å². The highest BCUT2D eigenvalue weighted by Crippen LogP contribution is 2.14. The van der Waals surface area contributed by atoms with Crippen molar-refractivity contribution in [2.75, 3.05) is 0 Å². The molecule has 2 rings (SSSR count). The molecule has 0 aliphatic heterocycles. The van der Waals surface area contributed by atoms with E-state index in [1.165, 1.54) is 0 Å². The standard InChI is InChI=1S/C11H8N2O2/c1-2-11(14)15-10-7-8-5-3-4-6-9(8)12-13-10/h2-7H,1H2. The van der Waals surface area contributed by atoms with Crippen molar-refractivity contribution in [3.05, 3.63) is 43.0 Å². The maximum Gasteiger partial charge on any atom is 0.336 e. The first-order valence-corrected chi connectivity index (χ1v) is 4.36. The van der Waals surface area contributed by atoms with Crippen molar-refractivity contribution in [2.24, 2.45) is 0 Å². The molecule has 0 aliphatic carbocycles. The lowest BCUT2D eigenvalue weighted by Gasteiger charge is -2.00. The zero-order valence-corrected chi connectivity index (χ0v) is 7.88.